The number of carbonyl (C=O) groups is 1. The molecule has 2 amide bonds. The Kier molecular flexibility index (Phi) is 9.09. The van der Waals surface area contributed by atoms with Crippen molar-refractivity contribution >= 4 is 34.2 Å². The minimum absolute atomic E-state index is 0.314. The molecule has 1 saturated heterocycles. The smallest absolute Gasteiger partial charge is 0.406 e. The number of hydrogen-bond donors (Lipinski definition) is 1. The lowest BCUT2D eigenvalue weighted by Crippen LogP contribution is -2.27. The van der Waals surface area contributed by atoms with Crippen LogP contribution in [0.2, 0.25) is 0 Å². The van der Waals surface area contributed by atoms with Crippen molar-refractivity contribution in [2.45, 2.75) is 40.0 Å². The van der Waals surface area contributed by atoms with Crippen molar-refractivity contribution in [1.29, 1.82) is 0 Å². The van der Waals surface area contributed by atoms with Gasteiger partial charge < -0.3 is 15.0 Å². The largest absolute Gasteiger partial charge is 0.573 e. The summed E-state index contributed by atoms with van der Waals surface area (Å²) in [5.74, 6) is 1.34. The van der Waals surface area contributed by atoms with Crippen LogP contribution in [-0.4, -0.2) is 44.6 Å². The molecule has 8 nitrogen and oxygen atoms in total. The van der Waals surface area contributed by atoms with Crippen molar-refractivity contribution in [3.8, 4) is 22.8 Å². The number of allylic oxidation sites excluding steroid dienone is 1. The molecule has 4 aromatic rings. The zero-order chi connectivity index (χ0) is 31.4. The highest BCUT2D eigenvalue weighted by atomic mass is 32.2. The van der Waals surface area contributed by atoms with Gasteiger partial charge in [-0.2, -0.15) is 4.99 Å². The van der Waals surface area contributed by atoms with Crippen LogP contribution in [0.4, 0.5) is 23.7 Å². The van der Waals surface area contributed by atoms with Crippen LogP contribution in [0.1, 0.15) is 43.4 Å². The Morgan fingerprint density at radius 1 is 1.09 bits per heavy atom. The van der Waals surface area contributed by atoms with Gasteiger partial charge in [0.15, 0.2) is 11.0 Å². The fourth-order valence-corrected chi connectivity index (χ4v) is 5.62. The Hall–Kier alpha value is -4.58. The second kappa shape index (κ2) is 13.0. The highest BCUT2D eigenvalue weighted by Gasteiger charge is 2.31. The molecule has 1 N–H and O–H groups in total. The van der Waals surface area contributed by atoms with E-state index in [1.54, 1.807) is 18.0 Å². The quantitative estimate of drug-likeness (QED) is 0.226. The molecule has 0 radical (unpaired) electrons. The molecule has 0 aliphatic carbocycles. The molecule has 12 heteroatoms. The van der Waals surface area contributed by atoms with Crippen LogP contribution in [-0.2, 0) is 0 Å². The number of carbonyl (C=O) groups excluding carboxylic acids is 1. The topological polar surface area (TPSA) is 84.6 Å². The van der Waals surface area contributed by atoms with E-state index in [-0.39, 0.29) is 5.75 Å². The number of rotatable bonds is 7. The fraction of sp³-hybridized carbons (Fsp3) is 0.250. The summed E-state index contributed by atoms with van der Waals surface area (Å²) < 4.78 is 42.6. The molecule has 1 aliphatic rings. The number of aryl methyl sites for hydroxylation is 1. The first-order chi connectivity index (χ1) is 21.0. The zero-order valence-electron chi connectivity index (χ0n) is 24.6. The minimum Gasteiger partial charge on any atom is -0.406 e. The second-order valence-corrected chi connectivity index (χ2v) is 11.6. The van der Waals surface area contributed by atoms with Gasteiger partial charge in [-0.15, -0.1) is 18.3 Å². The lowest BCUT2D eigenvalue weighted by atomic mass is 9.99. The molecule has 1 aromatic heterocycles. The molecule has 0 atom stereocenters. The molecule has 228 valence electrons. The first-order valence-electron chi connectivity index (χ1n) is 13.9. The van der Waals surface area contributed by atoms with Gasteiger partial charge in [0, 0.05) is 29.7 Å². The second-order valence-electron chi connectivity index (χ2n) is 10.5. The van der Waals surface area contributed by atoms with Crippen LogP contribution >= 0.6 is 11.8 Å². The first kappa shape index (κ1) is 30.9. The van der Waals surface area contributed by atoms with E-state index in [1.165, 1.54) is 40.8 Å². The van der Waals surface area contributed by atoms with E-state index >= 15 is 0 Å². The summed E-state index contributed by atoms with van der Waals surface area (Å²) in [4.78, 5) is 23.6. The molecular weight excluding hydrogens is 589 g/mol. The number of nitrogens with zero attached hydrogens (tertiary/aromatic N) is 5. The molecular formula is C32H31F3N6O2S. The van der Waals surface area contributed by atoms with Gasteiger partial charge in [0.1, 0.15) is 12.1 Å². The number of nitrogens with one attached hydrogen (secondary N) is 1. The highest BCUT2D eigenvalue weighted by molar-refractivity contribution is 8.14. The molecule has 1 aliphatic heterocycles. The van der Waals surface area contributed by atoms with Gasteiger partial charge in [-0.05, 0) is 72.4 Å². The Balaban J connectivity index is 1.23. The third-order valence-electron chi connectivity index (χ3n) is 6.91. The standard InChI is InChI=1S/C32H31F3N6O2S/c1-20(2)27-14-5-21(3)17-28(27)40-15-16-44-31(40)38-30(42)36-18-22(4)23-6-8-24(9-7-23)29-37-19-41(39-29)25-10-12-26(13-11-25)43-32(33,34)35/h5-14,17-20H,15-16H2,1-4H3,(H,36,42)/b22-18+,38-31?. The Morgan fingerprint density at radius 3 is 2.50 bits per heavy atom. The van der Waals surface area contributed by atoms with Gasteiger partial charge in [0.2, 0.25) is 0 Å². The molecule has 0 unspecified atom stereocenters. The normalized spacial score (nSPS) is 14.9. The van der Waals surface area contributed by atoms with E-state index < -0.39 is 12.4 Å². The third-order valence-corrected chi connectivity index (χ3v) is 7.87. The van der Waals surface area contributed by atoms with Gasteiger partial charge >= 0.3 is 12.4 Å². The molecule has 5 rings (SSSR count). The number of amidine groups is 1. The fourth-order valence-electron chi connectivity index (χ4n) is 4.67. The summed E-state index contributed by atoms with van der Waals surface area (Å²) in [6.07, 6.45) is -1.63. The van der Waals surface area contributed by atoms with Crippen LogP contribution < -0.4 is 15.0 Å². The number of aromatic nitrogens is 3. The van der Waals surface area contributed by atoms with E-state index in [1.807, 2.05) is 31.2 Å². The van der Waals surface area contributed by atoms with Crippen LogP contribution in [0.3, 0.4) is 0 Å². The number of anilines is 1. The maximum atomic E-state index is 12.8. The summed E-state index contributed by atoms with van der Waals surface area (Å²) in [7, 11) is 0. The summed E-state index contributed by atoms with van der Waals surface area (Å²) in [5.41, 5.74) is 6.49. The summed E-state index contributed by atoms with van der Waals surface area (Å²) in [5, 5.41) is 7.90. The number of urea groups is 1. The van der Waals surface area contributed by atoms with Crippen molar-refractivity contribution in [1.82, 2.24) is 20.1 Å². The van der Waals surface area contributed by atoms with Crippen molar-refractivity contribution in [2.24, 2.45) is 4.99 Å². The van der Waals surface area contributed by atoms with Gasteiger partial charge in [-0.25, -0.2) is 14.5 Å². The number of benzene rings is 3. The van der Waals surface area contributed by atoms with Gasteiger partial charge in [0.05, 0.1) is 5.69 Å². The molecule has 0 bridgehead atoms. The van der Waals surface area contributed by atoms with Crippen molar-refractivity contribution in [3.63, 3.8) is 0 Å². The van der Waals surface area contributed by atoms with Crippen LogP contribution in [0, 0.1) is 6.92 Å². The van der Waals surface area contributed by atoms with Crippen molar-refractivity contribution in [2.75, 3.05) is 17.2 Å². The van der Waals surface area contributed by atoms with E-state index in [9.17, 15) is 18.0 Å². The number of thioether (sulfide) groups is 1. The number of halogens is 3. The lowest BCUT2D eigenvalue weighted by Gasteiger charge is -2.23. The summed E-state index contributed by atoms with van der Waals surface area (Å²) >= 11 is 1.57. The van der Waals surface area contributed by atoms with Gasteiger partial charge in [-0.3, -0.25) is 0 Å². The Morgan fingerprint density at radius 2 is 1.82 bits per heavy atom. The molecule has 1 fully saturated rings. The average molecular weight is 621 g/mol. The number of ether oxygens (including phenoxy) is 1. The molecule has 44 heavy (non-hydrogen) atoms. The molecule has 0 spiro atoms. The maximum Gasteiger partial charge on any atom is 0.573 e. The number of hydrogen-bond acceptors (Lipinski definition) is 5. The summed E-state index contributed by atoms with van der Waals surface area (Å²) in [6.45, 7) is 9.06. The number of aliphatic imine (C=N–C) groups is 1. The summed E-state index contributed by atoms with van der Waals surface area (Å²) in [6, 6.07) is 18.8. The Bertz CT molecular complexity index is 1700. The minimum atomic E-state index is -4.75. The maximum absolute atomic E-state index is 12.8. The van der Waals surface area contributed by atoms with Crippen LogP contribution in [0.5, 0.6) is 5.75 Å². The molecule has 2 heterocycles. The predicted molar refractivity (Wildman–Crippen MR) is 168 cm³/mol. The van der Waals surface area contributed by atoms with Crippen molar-refractivity contribution in [3.05, 3.63) is 95.9 Å². The molecule has 3 aromatic carbocycles. The first-order valence-corrected chi connectivity index (χ1v) is 14.9. The van der Waals surface area contributed by atoms with E-state index in [0.717, 1.165) is 40.2 Å². The van der Waals surface area contributed by atoms with Gasteiger partial charge in [0.25, 0.3) is 0 Å². The van der Waals surface area contributed by atoms with E-state index in [0.29, 0.717) is 22.6 Å². The zero-order valence-corrected chi connectivity index (χ0v) is 25.4. The van der Waals surface area contributed by atoms with Crippen LogP contribution in [0.15, 0.2) is 84.2 Å². The van der Waals surface area contributed by atoms with E-state index in [4.69, 9.17) is 0 Å². The number of amides is 2. The lowest BCUT2D eigenvalue weighted by molar-refractivity contribution is -0.274. The number of alkyl halides is 3. The van der Waals surface area contributed by atoms with Gasteiger partial charge in [-0.1, -0.05) is 62.0 Å². The SMILES string of the molecule is C/C(=C\NC(=O)N=C1SCCN1c1cc(C)ccc1C(C)C)c1ccc(-c2ncn(-c3ccc(OC(F)(F)F)cc3)n2)cc1. The Labute approximate surface area is 257 Å². The van der Waals surface area contributed by atoms with Crippen molar-refractivity contribution < 1.29 is 22.7 Å². The van der Waals surface area contributed by atoms with Crippen LogP contribution in [0.25, 0.3) is 22.6 Å². The highest BCUT2D eigenvalue weighted by Crippen LogP contribution is 2.33. The van der Waals surface area contributed by atoms with E-state index in [2.05, 4.69) is 69.0 Å². The molecule has 0 saturated carbocycles. The predicted octanol–water partition coefficient (Wildman–Crippen LogP) is 7.94. The monoisotopic (exact) mass is 620 g/mol. The average Bonchev–Trinajstić information content (AvgIpc) is 3.66. The third kappa shape index (κ3) is 7.49.